The molecule has 0 N–H and O–H groups in total. The summed E-state index contributed by atoms with van der Waals surface area (Å²) < 4.78 is 0. The summed E-state index contributed by atoms with van der Waals surface area (Å²) in [5, 5.41) is 0. The molecule has 0 atom stereocenters. The van der Waals surface area contributed by atoms with Crippen molar-refractivity contribution >= 4 is 23.0 Å². The Hall–Kier alpha value is -2.12. The molecule has 0 radical (unpaired) electrons. The van der Waals surface area contributed by atoms with Gasteiger partial charge < -0.3 is 0 Å². The van der Waals surface area contributed by atoms with E-state index in [9.17, 15) is 0 Å². The lowest BCUT2D eigenvalue weighted by Crippen LogP contribution is -1.76. The summed E-state index contributed by atoms with van der Waals surface area (Å²) in [4.78, 5) is 2.61. The number of hydrogen-bond acceptors (Lipinski definition) is 1. The molecule has 0 saturated carbocycles. The highest BCUT2D eigenvalue weighted by molar-refractivity contribution is 7.16. The molecule has 0 amide bonds. The van der Waals surface area contributed by atoms with E-state index < -0.39 is 0 Å². The van der Waals surface area contributed by atoms with Crippen molar-refractivity contribution in [2.45, 2.75) is 6.92 Å². The number of hydrogen-bond donors (Lipinski definition) is 0. The Balaban J connectivity index is 1.88. The lowest BCUT2D eigenvalue weighted by atomic mass is 10.1. The fourth-order valence-electron chi connectivity index (χ4n) is 2.19. The highest BCUT2D eigenvalue weighted by Gasteiger charge is 2.01. The van der Waals surface area contributed by atoms with Crippen LogP contribution in [0.2, 0.25) is 0 Å². The van der Waals surface area contributed by atoms with E-state index in [0.717, 1.165) is 0 Å². The predicted octanol–water partition coefficient (Wildman–Crippen LogP) is 5.98. The number of rotatable bonds is 3. The molecule has 3 rings (SSSR count). The Bertz CT molecular complexity index is 706. The van der Waals surface area contributed by atoms with Crippen LogP contribution in [0.25, 0.3) is 22.1 Å². The quantitative estimate of drug-likeness (QED) is 0.552. The minimum absolute atomic E-state index is 1.28. The molecule has 3 aromatic rings. The molecule has 1 aromatic heterocycles. The molecule has 0 spiro atoms. The number of allylic oxidation sites excluding steroid dienone is 1. The van der Waals surface area contributed by atoms with Gasteiger partial charge in [0.1, 0.15) is 0 Å². The maximum Gasteiger partial charge on any atom is 0.0349 e. The molecule has 98 valence electrons. The zero-order valence-electron chi connectivity index (χ0n) is 11.4. The van der Waals surface area contributed by atoms with Gasteiger partial charge in [-0.15, -0.1) is 11.3 Å². The van der Waals surface area contributed by atoms with Crippen LogP contribution in [0.5, 0.6) is 0 Å². The van der Waals surface area contributed by atoms with Gasteiger partial charge in [0.05, 0.1) is 0 Å². The van der Waals surface area contributed by atoms with Crippen LogP contribution in [0, 0.1) is 0 Å². The molecular weight excluding hydrogens is 260 g/mol. The van der Waals surface area contributed by atoms with Gasteiger partial charge in [-0.1, -0.05) is 60.7 Å². The molecule has 0 aliphatic carbocycles. The van der Waals surface area contributed by atoms with Crippen molar-refractivity contribution in [3.05, 3.63) is 83.2 Å². The molecule has 20 heavy (non-hydrogen) atoms. The second-order valence-electron chi connectivity index (χ2n) is 4.76. The van der Waals surface area contributed by atoms with Crippen LogP contribution in [0.1, 0.15) is 17.4 Å². The first-order valence-corrected chi connectivity index (χ1v) is 7.53. The van der Waals surface area contributed by atoms with Crippen molar-refractivity contribution in [1.29, 1.82) is 0 Å². The monoisotopic (exact) mass is 276 g/mol. The Morgan fingerprint density at radius 2 is 1.45 bits per heavy atom. The lowest BCUT2D eigenvalue weighted by Gasteiger charge is -1.99. The molecule has 0 unspecified atom stereocenters. The Kier molecular flexibility index (Phi) is 3.80. The molecule has 0 bridgehead atoms. The zero-order chi connectivity index (χ0) is 13.8. The fourth-order valence-corrected chi connectivity index (χ4v) is 3.20. The van der Waals surface area contributed by atoms with Crippen molar-refractivity contribution in [2.24, 2.45) is 0 Å². The van der Waals surface area contributed by atoms with Crippen molar-refractivity contribution < 1.29 is 0 Å². The van der Waals surface area contributed by atoms with E-state index in [4.69, 9.17) is 0 Å². The highest BCUT2D eigenvalue weighted by atomic mass is 32.1. The normalized spacial score (nSPS) is 11.6. The standard InChI is InChI=1S/C19H16S/c1-15(16-8-4-2-5-9-16)14-18-12-13-19(20-18)17-10-6-3-7-11-17/h2-14H,1H3. The van der Waals surface area contributed by atoms with Crippen LogP contribution in [0.4, 0.5) is 0 Å². The summed E-state index contributed by atoms with van der Waals surface area (Å²) in [6.45, 7) is 2.16. The molecule has 0 aliphatic rings. The summed E-state index contributed by atoms with van der Waals surface area (Å²) in [6, 6.07) is 25.4. The maximum atomic E-state index is 2.26. The first kappa shape index (κ1) is 12.9. The summed E-state index contributed by atoms with van der Waals surface area (Å²) in [5.41, 5.74) is 3.86. The first-order valence-electron chi connectivity index (χ1n) is 6.72. The topological polar surface area (TPSA) is 0 Å². The molecule has 0 nitrogen and oxygen atoms in total. The zero-order valence-corrected chi connectivity index (χ0v) is 12.2. The smallest absolute Gasteiger partial charge is 0.0349 e. The largest absolute Gasteiger partial charge is 0.136 e. The highest BCUT2D eigenvalue weighted by Crippen LogP contribution is 2.30. The summed E-state index contributed by atoms with van der Waals surface area (Å²) in [5.74, 6) is 0. The SMILES string of the molecule is CC(=Cc1ccc(-c2ccccc2)s1)c1ccccc1. The average molecular weight is 276 g/mol. The minimum Gasteiger partial charge on any atom is -0.136 e. The van der Waals surface area contributed by atoms with Gasteiger partial charge in [0, 0.05) is 9.75 Å². The van der Waals surface area contributed by atoms with E-state index in [1.807, 2.05) is 11.3 Å². The number of thiophene rings is 1. The predicted molar refractivity (Wildman–Crippen MR) is 89.7 cm³/mol. The van der Waals surface area contributed by atoms with Gasteiger partial charge in [-0.25, -0.2) is 0 Å². The van der Waals surface area contributed by atoms with Crippen LogP contribution in [-0.4, -0.2) is 0 Å². The van der Waals surface area contributed by atoms with E-state index in [2.05, 4.69) is 85.8 Å². The van der Waals surface area contributed by atoms with Gasteiger partial charge in [-0.05, 0) is 41.8 Å². The van der Waals surface area contributed by atoms with E-state index in [-0.39, 0.29) is 0 Å². The van der Waals surface area contributed by atoms with Crippen molar-refractivity contribution in [3.63, 3.8) is 0 Å². The van der Waals surface area contributed by atoms with Gasteiger partial charge in [0.15, 0.2) is 0 Å². The minimum atomic E-state index is 1.28. The maximum absolute atomic E-state index is 2.26. The molecule has 0 aliphatic heterocycles. The third-order valence-electron chi connectivity index (χ3n) is 3.27. The van der Waals surface area contributed by atoms with E-state index in [1.54, 1.807) is 0 Å². The van der Waals surface area contributed by atoms with E-state index >= 15 is 0 Å². The summed E-state index contributed by atoms with van der Waals surface area (Å²) >= 11 is 1.83. The first-order chi connectivity index (χ1) is 9.83. The van der Waals surface area contributed by atoms with Crippen LogP contribution >= 0.6 is 11.3 Å². The van der Waals surface area contributed by atoms with Gasteiger partial charge in [0.2, 0.25) is 0 Å². The third kappa shape index (κ3) is 2.89. The summed E-state index contributed by atoms with van der Waals surface area (Å²) in [7, 11) is 0. The van der Waals surface area contributed by atoms with Gasteiger partial charge in [0.25, 0.3) is 0 Å². The van der Waals surface area contributed by atoms with Crippen LogP contribution in [0.3, 0.4) is 0 Å². The average Bonchev–Trinajstić information content (AvgIpc) is 2.97. The van der Waals surface area contributed by atoms with Crippen LogP contribution in [0.15, 0.2) is 72.8 Å². The lowest BCUT2D eigenvalue weighted by molar-refractivity contribution is 1.58. The van der Waals surface area contributed by atoms with Gasteiger partial charge in [-0.3, -0.25) is 0 Å². The summed E-state index contributed by atoms with van der Waals surface area (Å²) in [6.07, 6.45) is 2.26. The van der Waals surface area contributed by atoms with Crippen LogP contribution in [-0.2, 0) is 0 Å². The Morgan fingerprint density at radius 3 is 2.15 bits per heavy atom. The van der Waals surface area contributed by atoms with Crippen molar-refractivity contribution in [2.75, 3.05) is 0 Å². The molecular formula is C19H16S. The van der Waals surface area contributed by atoms with Gasteiger partial charge in [-0.2, -0.15) is 0 Å². The molecule has 1 heterocycles. The third-order valence-corrected chi connectivity index (χ3v) is 4.35. The molecule has 0 fully saturated rings. The van der Waals surface area contributed by atoms with E-state index in [0.29, 0.717) is 0 Å². The molecule has 0 saturated heterocycles. The van der Waals surface area contributed by atoms with Crippen molar-refractivity contribution in [1.82, 2.24) is 0 Å². The number of benzene rings is 2. The van der Waals surface area contributed by atoms with Gasteiger partial charge >= 0.3 is 0 Å². The molecule has 2 aromatic carbocycles. The Labute approximate surface area is 124 Å². The molecule has 1 heteroatoms. The van der Waals surface area contributed by atoms with Crippen LogP contribution < -0.4 is 0 Å². The Morgan fingerprint density at radius 1 is 0.800 bits per heavy atom. The van der Waals surface area contributed by atoms with Crippen molar-refractivity contribution in [3.8, 4) is 10.4 Å². The second-order valence-corrected chi connectivity index (χ2v) is 5.88. The second kappa shape index (κ2) is 5.89. The van der Waals surface area contributed by atoms with E-state index in [1.165, 1.54) is 26.5 Å². The fraction of sp³-hybridized carbons (Fsp3) is 0.0526.